The molecule has 4 aromatic rings. The Kier molecular flexibility index (Phi) is 6.28. The first-order valence-corrected chi connectivity index (χ1v) is 11.6. The SMILES string of the molecule is NS(=O)(=O)c1cc(NC(=O)Cc2ccccc2Cl)cc2c(Oc3ccc(F)cc3)nccc12. The van der Waals surface area contributed by atoms with Gasteiger partial charge in [0.25, 0.3) is 0 Å². The van der Waals surface area contributed by atoms with Gasteiger partial charge in [0.15, 0.2) is 0 Å². The third-order valence-electron chi connectivity index (χ3n) is 4.73. The van der Waals surface area contributed by atoms with Crippen LogP contribution in [0.15, 0.2) is 77.8 Å². The Morgan fingerprint density at radius 3 is 2.48 bits per heavy atom. The molecule has 0 saturated carbocycles. The lowest BCUT2D eigenvalue weighted by molar-refractivity contribution is -0.115. The summed E-state index contributed by atoms with van der Waals surface area (Å²) < 4.78 is 43.5. The van der Waals surface area contributed by atoms with Crippen LogP contribution in [0.3, 0.4) is 0 Å². The number of ether oxygens (including phenoxy) is 1. The standard InChI is InChI=1S/C23H17ClFN3O4S/c24-20-4-2-1-3-14(20)11-22(29)28-16-12-19-18(21(13-16)33(26,30)31)9-10-27-23(19)32-17-7-5-15(25)6-8-17/h1-10,12-13H,11H2,(H,28,29)(H2,26,30,31). The van der Waals surface area contributed by atoms with Crippen LogP contribution in [-0.2, 0) is 21.2 Å². The van der Waals surface area contributed by atoms with E-state index in [9.17, 15) is 17.6 Å². The summed E-state index contributed by atoms with van der Waals surface area (Å²) in [4.78, 5) is 16.6. The van der Waals surface area contributed by atoms with Crippen molar-refractivity contribution in [3.05, 3.63) is 89.3 Å². The van der Waals surface area contributed by atoms with Gasteiger partial charge < -0.3 is 10.1 Å². The van der Waals surface area contributed by atoms with E-state index < -0.39 is 21.7 Å². The van der Waals surface area contributed by atoms with Crippen molar-refractivity contribution in [1.29, 1.82) is 0 Å². The van der Waals surface area contributed by atoms with Gasteiger partial charge in [-0.2, -0.15) is 0 Å². The van der Waals surface area contributed by atoms with Crippen molar-refractivity contribution in [1.82, 2.24) is 4.98 Å². The van der Waals surface area contributed by atoms with Crippen LogP contribution in [0.1, 0.15) is 5.56 Å². The number of halogens is 2. The number of aromatic nitrogens is 1. The lowest BCUT2D eigenvalue weighted by atomic mass is 10.1. The largest absolute Gasteiger partial charge is 0.438 e. The molecule has 0 aliphatic rings. The second-order valence-corrected chi connectivity index (χ2v) is 9.04. The highest BCUT2D eigenvalue weighted by atomic mass is 35.5. The number of hydrogen-bond acceptors (Lipinski definition) is 5. The fourth-order valence-corrected chi connectivity index (χ4v) is 4.23. The smallest absolute Gasteiger partial charge is 0.238 e. The quantitative estimate of drug-likeness (QED) is 0.413. The Bertz CT molecular complexity index is 1460. The fraction of sp³-hybridized carbons (Fsp3) is 0.0435. The van der Waals surface area contributed by atoms with E-state index in [-0.39, 0.29) is 28.3 Å². The number of hydrogen-bond donors (Lipinski definition) is 2. The molecule has 0 radical (unpaired) electrons. The van der Waals surface area contributed by atoms with Crippen molar-refractivity contribution < 1.29 is 22.3 Å². The molecule has 0 bridgehead atoms. The number of nitrogens with two attached hydrogens (primary N) is 1. The van der Waals surface area contributed by atoms with Crippen LogP contribution in [0, 0.1) is 5.82 Å². The molecule has 0 atom stereocenters. The monoisotopic (exact) mass is 485 g/mol. The second kappa shape index (κ2) is 9.14. The Morgan fingerprint density at radius 1 is 1.06 bits per heavy atom. The number of benzene rings is 3. The number of pyridine rings is 1. The van der Waals surface area contributed by atoms with Crippen LogP contribution in [0.25, 0.3) is 10.8 Å². The summed E-state index contributed by atoms with van der Waals surface area (Å²) in [5, 5.41) is 9.09. The van der Waals surface area contributed by atoms with Crippen molar-refractivity contribution in [2.24, 2.45) is 5.14 Å². The number of fused-ring (bicyclic) bond motifs is 1. The van der Waals surface area contributed by atoms with E-state index in [0.29, 0.717) is 21.7 Å². The predicted octanol–water partition coefficient (Wildman–Crippen LogP) is 4.65. The van der Waals surface area contributed by atoms with Gasteiger partial charge in [0.05, 0.1) is 11.3 Å². The van der Waals surface area contributed by atoms with Gasteiger partial charge in [0.1, 0.15) is 11.6 Å². The highest BCUT2D eigenvalue weighted by molar-refractivity contribution is 7.89. The molecule has 4 rings (SSSR count). The minimum atomic E-state index is -4.15. The van der Waals surface area contributed by atoms with E-state index >= 15 is 0 Å². The Balaban J connectivity index is 1.74. The zero-order valence-electron chi connectivity index (χ0n) is 17.0. The van der Waals surface area contributed by atoms with Crippen LogP contribution >= 0.6 is 11.6 Å². The maximum absolute atomic E-state index is 13.2. The van der Waals surface area contributed by atoms with Gasteiger partial charge in [0, 0.05) is 27.7 Å². The number of sulfonamides is 1. The van der Waals surface area contributed by atoms with Crippen LogP contribution in [-0.4, -0.2) is 19.3 Å². The summed E-state index contributed by atoms with van der Waals surface area (Å²) in [6.07, 6.45) is 1.35. The van der Waals surface area contributed by atoms with E-state index in [4.69, 9.17) is 21.5 Å². The molecule has 1 amide bonds. The van der Waals surface area contributed by atoms with E-state index in [2.05, 4.69) is 10.3 Å². The molecule has 33 heavy (non-hydrogen) atoms. The average Bonchev–Trinajstić information content (AvgIpc) is 2.76. The summed E-state index contributed by atoms with van der Waals surface area (Å²) in [7, 11) is -4.15. The summed E-state index contributed by atoms with van der Waals surface area (Å²) in [6, 6.07) is 16.4. The van der Waals surface area contributed by atoms with Gasteiger partial charge in [-0.25, -0.2) is 22.9 Å². The van der Waals surface area contributed by atoms with Crippen LogP contribution in [0.2, 0.25) is 5.02 Å². The lowest BCUT2D eigenvalue weighted by Crippen LogP contribution is -2.17. The molecule has 3 aromatic carbocycles. The maximum atomic E-state index is 13.2. The third-order valence-corrected chi connectivity index (χ3v) is 6.05. The van der Waals surface area contributed by atoms with Gasteiger partial charge in [-0.3, -0.25) is 4.79 Å². The van der Waals surface area contributed by atoms with E-state index in [0.717, 1.165) is 0 Å². The van der Waals surface area contributed by atoms with Crippen LogP contribution in [0.5, 0.6) is 11.6 Å². The number of carbonyl (C=O) groups excluding carboxylic acids is 1. The Labute approximate surface area is 194 Å². The van der Waals surface area contributed by atoms with Gasteiger partial charge in [0.2, 0.25) is 21.8 Å². The average molecular weight is 486 g/mol. The van der Waals surface area contributed by atoms with Crippen molar-refractivity contribution in [3.63, 3.8) is 0 Å². The highest BCUT2D eigenvalue weighted by Gasteiger charge is 2.19. The minimum absolute atomic E-state index is 0.0194. The molecular formula is C23H17ClFN3O4S. The molecular weight excluding hydrogens is 469 g/mol. The van der Waals surface area contributed by atoms with E-state index in [1.807, 2.05) is 0 Å². The van der Waals surface area contributed by atoms with Crippen molar-refractivity contribution in [2.75, 3.05) is 5.32 Å². The molecule has 0 spiro atoms. The zero-order valence-corrected chi connectivity index (χ0v) is 18.5. The third kappa shape index (κ3) is 5.28. The lowest BCUT2D eigenvalue weighted by Gasteiger charge is -2.13. The predicted molar refractivity (Wildman–Crippen MR) is 123 cm³/mol. The molecule has 7 nitrogen and oxygen atoms in total. The van der Waals surface area contributed by atoms with Gasteiger partial charge >= 0.3 is 0 Å². The minimum Gasteiger partial charge on any atom is -0.438 e. The van der Waals surface area contributed by atoms with Gasteiger partial charge in [-0.05, 0) is 54.1 Å². The van der Waals surface area contributed by atoms with Gasteiger partial charge in [-0.1, -0.05) is 29.8 Å². The molecule has 0 aliphatic heterocycles. The van der Waals surface area contributed by atoms with Crippen molar-refractivity contribution in [2.45, 2.75) is 11.3 Å². The van der Waals surface area contributed by atoms with E-state index in [1.165, 1.54) is 48.7 Å². The maximum Gasteiger partial charge on any atom is 0.238 e. The fourth-order valence-electron chi connectivity index (χ4n) is 3.25. The number of amides is 1. The van der Waals surface area contributed by atoms with Crippen LogP contribution in [0.4, 0.5) is 10.1 Å². The number of nitrogens with zero attached hydrogens (tertiary/aromatic N) is 1. The summed E-state index contributed by atoms with van der Waals surface area (Å²) in [5.41, 5.74) is 0.798. The Morgan fingerprint density at radius 2 is 1.79 bits per heavy atom. The van der Waals surface area contributed by atoms with Crippen molar-refractivity contribution in [3.8, 4) is 11.6 Å². The summed E-state index contributed by atoms with van der Waals surface area (Å²) >= 11 is 6.12. The van der Waals surface area contributed by atoms with Crippen LogP contribution < -0.4 is 15.2 Å². The molecule has 0 fully saturated rings. The normalized spacial score (nSPS) is 11.4. The first-order chi connectivity index (χ1) is 15.7. The molecule has 168 valence electrons. The number of carbonyl (C=O) groups is 1. The topological polar surface area (TPSA) is 111 Å². The summed E-state index contributed by atoms with van der Waals surface area (Å²) in [6.45, 7) is 0. The molecule has 0 aliphatic carbocycles. The first kappa shape index (κ1) is 22.7. The molecule has 3 N–H and O–H groups in total. The number of primary sulfonamides is 1. The molecule has 0 saturated heterocycles. The molecule has 10 heteroatoms. The highest BCUT2D eigenvalue weighted by Crippen LogP contribution is 2.34. The number of nitrogens with one attached hydrogen (secondary N) is 1. The summed E-state index contributed by atoms with van der Waals surface area (Å²) in [5.74, 6) is -0.492. The number of rotatable bonds is 6. The Hall–Kier alpha value is -3.53. The molecule has 1 heterocycles. The second-order valence-electron chi connectivity index (χ2n) is 7.10. The zero-order chi connectivity index (χ0) is 23.6. The van der Waals surface area contributed by atoms with Crippen molar-refractivity contribution >= 4 is 44.0 Å². The molecule has 1 aromatic heterocycles. The first-order valence-electron chi connectivity index (χ1n) is 9.63. The van der Waals surface area contributed by atoms with E-state index in [1.54, 1.807) is 24.3 Å². The van der Waals surface area contributed by atoms with Gasteiger partial charge in [-0.15, -0.1) is 0 Å². The number of anilines is 1. The molecule has 0 unspecified atom stereocenters.